The molecular formula is C23H20ClN5O3S2. The van der Waals surface area contributed by atoms with Crippen molar-refractivity contribution < 1.29 is 13.2 Å². The second-order valence-electron chi connectivity index (χ2n) is 7.34. The lowest BCUT2D eigenvalue weighted by molar-refractivity contribution is -0.113. The van der Waals surface area contributed by atoms with Gasteiger partial charge in [-0.3, -0.25) is 9.36 Å². The zero-order chi connectivity index (χ0) is 24.3. The number of primary sulfonamides is 1. The molecule has 8 nitrogen and oxygen atoms in total. The highest BCUT2D eigenvalue weighted by molar-refractivity contribution is 7.99. The van der Waals surface area contributed by atoms with Gasteiger partial charge in [-0.05, 0) is 61.0 Å². The number of hydrogen-bond donors (Lipinski definition) is 2. The van der Waals surface area contributed by atoms with E-state index in [1.54, 1.807) is 18.2 Å². The van der Waals surface area contributed by atoms with E-state index in [0.717, 1.165) is 16.8 Å². The Morgan fingerprint density at radius 3 is 2.50 bits per heavy atom. The molecule has 0 saturated heterocycles. The van der Waals surface area contributed by atoms with E-state index in [2.05, 4.69) is 15.5 Å². The van der Waals surface area contributed by atoms with Crippen LogP contribution in [0.2, 0.25) is 5.02 Å². The van der Waals surface area contributed by atoms with Gasteiger partial charge in [0.05, 0.1) is 16.3 Å². The van der Waals surface area contributed by atoms with Gasteiger partial charge < -0.3 is 5.32 Å². The second kappa shape index (κ2) is 9.98. The number of aromatic nitrogens is 3. The third kappa shape index (κ3) is 5.48. The summed E-state index contributed by atoms with van der Waals surface area (Å²) in [6.45, 7) is 1.99. The highest BCUT2D eigenvalue weighted by Crippen LogP contribution is 2.30. The van der Waals surface area contributed by atoms with Gasteiger partial charge in [0, 0.05) is 16.3 Å². The van der Waals surface area contributed by atoms with Gasteiger partial charge in [0.15, 0.2) is 11.0 Å². The lowest BCUT2D eigenvalue weighted by Gasteiger charge is -2.13. The Balaban J connectivity index is 1.59. The van der Waals surface area contributed by atoms with Crippen LogP contribution >= 0.6 is 23.4 Å². The first kappa shape index (κ1) is 24.0. The van der Waals surface area contributed by atoms with Gasteiger partial charge in [-0.2, -0.15) is 0 Å². The molecule has 4 aromatic rings. The summed E-state index contributed by atoms with van der Waals surface area (Å²) in [5.41, 5.74) is 3.07. The van der Waals surface area contributed by atoms with E-state index >= 15 is 0 Å². The largest absolute Gasteiger partial charge is 0.325 e. The number of aryl methyl sites for hydroxylation is 1. The summed E-state index contributed by atoms with van der Waals surface area (Å²) in [5.74, 6) is 0.322. The first-order valence-corrected chi connectivity index (χ1v) is 13.0. The van der Waals surface area contributed by atoms with E-state index < -0.39 is 10.0 Å². The van der Waals surface area contributed by atoms with Crippen LogP contribution in [0.1, 0.15) is 5.56 Å². The average molecular weight is 514 g/mol. The lowest BCUT2D eigenvalue weighted by atomic mass is 10.1. The SMILES string of the molecule is Cc1ccccc1-n1c(SCC(=O)Nc2cccc(S(N)(=O)=O)c2)nnc1-c1ccc(Cl)cc1. The number of nitrogens with one attached hydrogen (secondary N) is 1. The van der Waals surface area contributed by atoms with Crippen molar-refractivity contribution >= 4 is 45.0 Å². The standard InChI is InChI=1S/C23H20ClN5O3S2/c1-15-5-2-3-8-20(15)29-22(16-9-11-17(24)12-10-16)27-28-23(29)33-14-21(30)26-18-6-4-7-19(13-18)34(25,31)32/h2-13H,14H2,1H3,(H,26,30)(H2,25,31,32). The number of nitrogens with two attached hydrogens (primary N) is 1. The summed E-state index contributed by atoms with van der Waals surface area (Å²) in [5, 5.41) is 17.7. The van der Waals surface area contributed by atoms with Crippen LogP contribution < -0.4 is 10.5 Å². The van der Waals surface area contributed by atoms with Crippen LogP contribution in [0, 0.1) is 6.92 Å². The molecule has 34 heavy (non-hydrogen) atoms. The summed E-state index contributed by atoms with van der Waals surface area (Å²) in [6.07, 6.45) is 0. The van der Waals surface area contributed by atoms with Crippen molar-refractivity contribution in [3.63, 3.8) is 0 Å². The number of carbonyl (C=O) groups is 1. The molecule has 0 aliphatic heterocycles. The van der Waals surface area contributed by atoms with Gasteiger partial charge in [0.25, 0.3) is 0 Å². The first-order valence-electron chi connectivity index (χ1n) is 10.1. The highest BCUT2D eigenvalue weighted by atomic mass is 35.5. The highest BCUT2D eigenvalue weighted by Gasteiger charge is 2.19. The minimum atomic E-state index is -3.87. The fraction of sp³-hybridized carbons (Fsp3) is 0.0870. The maximum atomic E-state index is 12.6. The van der Waals surface area contributed by atoms with Gasteiger partial charge >= 0.3 is 0 Å². The van der Waals surface area contributed by atoms with E-state index in [4.69, 9.17) is 16.7 Å². The monoisotopic (exact) mass is 513 g/mol. The smallest absolute Gasteiger partial charge is 0.238 e. The maximum absolute atomic E-state index is 12.6. The van der Waals surface area contributed by atoms with Crippen LogP contribution in [0.4, 0.5) is 5.69 Å². The Hall–Kier alpha value is -3.18. The molecule has 0 fully saturated rings. The van der Waals surface area contributed by atoms with Crippen LogP contribution in [0.5, 0.6) is 0 Å². The number of carbonyl (C=O) groups excluding carboxylic acids is 1. The molecule has 3 N–H and O–H groups in total. The van der Waals surface area contributed by atoms with Crippen molar-refractivity contribution in [3.8, 4) is 17.1 Å². The van der Waals surface area contributed by atoms with Crippen molar-refractivity contribution in [2.45, 2.75) is 17.0 Å². The average Bonchev–Trinajstić information content (AvgIpc) is 3.22. The molecule has 0 aliphatic carbocycles. The Bertz CT molecular complexity index is 1450. The first-order chi connectivity index (χ1) is 16.2. The third-order valence-corrected chi connectivity index (χ3v) is 6.96. The third-order valence-electron chi connectivity index (χ3n) is 4.87. The number of anilines is 1. The van der Waals surface area contributed by atoms with E-state index in [9.17, 15) is 13.2 Å². The summed E-state index contributed by atoms with van der Waals surface area (Å²) in [4.78, 5) is 12.5. The van der Waals surface area contributed by atoms with Crippen molar-refractivity contribution in [1.29, 1.82) is 0 Å². The lowest BCUT2D eigenvalue weighted by Crippen LogP contribution is -2.16. The molecule has 0 aliphatic rings. The molecular weight excluding hydrogens is 494 g/mol. The second-order valence-corrected chi connectivity index (χ2v) is 10.3. The predicted octanol–water partition coefficient (Wildman–Crippen LogP) is 4.27. The molecule has 1 heterocycles. The van der Waals surface area contributed by atoms with E-state index in [0.29, 0.717) is 21.7 Å². The molecule has 4 rings (SSSR count). The molecule has 0 atom stereocenters. The summed E-state index contributed by atoms with van der Waals surface area (Å²) in [6, 6.07) is 20.9. The Morgan fingerprint density at radius 2 is 1.79 bits per heavy atom. The number of para-hydroxylation sites is 1. The minimum absolute atomic E-state index is 0.0320. The van der Waals surface area contributed by atoms with Gasteiger partial charge in [-0.25, -0.2) is 13.6 Å². The Morgan fingerprint density at radius 1 is 1.06 bits per heavy atom. The molecule has 11 heteroatoms. The number of sulfonamides is 1. The van der Waals surface area contributed by atoms with E-state index in [1.807, 2.05) is 47.9 Å². The fourth-order valence-corrected chi connectivity index (χ4v) is 4.69. The molecule has 0 saturated carbocycles. The quantitative estimate of drug-likeness (QED) is 0.356. The molecule has 0 spiro atoms. The van der Waals surface area contributed by atoms with Crippen molar-refractivity contribution in [1.82, 2.24) is 14.8 Å². The number of hydrogen-bond acceptors (Lipinski definition) is 6. The van der Waals surface area contributed by atoms with E-state index in [1.165, 1.54) is 30.0 Å². The van der Waals surface area contributed by atoms with Crippen molar-refractivity contribution in [2.75, 3.05) is 11.1 Å². The zero-order valence-electron chi connectivity index (χ0n) is 18.0. The van der Waals surface area contributed by atoms with Crippen molar-refractivity contribution in [2.24, 2.45) is 5.14 Å². The molecule has 0 unspecified atom stereocenters. The van der Waals surface area contributed by atoms with Gasteiger partial charge in [-0.1, -0.05) is 47.6 Å². The topological polar surface area (TPSA) is 120 Å². The molecule has 174 valence electrons. The summed E-state index contributed by atoms with van der Waals surface area (Å²) in [7, 11) is -3.87. The predicted molar refractivity (Wildman–Crippen MR) is 134 cm³/mol. The van der Waals surface area contributed by atoms with Crippen LogP contribution in [0.3, 0.4) is 0 Å². The number of nitrogens with zero attached hydrogens (tertiary/aromatic N) is 3. The number of thioether (sulfide) groups is 1. The van der Waals surface area contributed by atoms with Crippen LogP contribution in [0.25, 0.3) is 17.1 Å². The molecule has 3 aromatic carbocycles. The number of rotatable bonds is 7. The van der Waals surface area contributed by atoms with Gasteiger partial charge in [0.1, 0.15) is 0 Å². The summed E-state index contributed by atoms with van der Waals surface area (Å²) < 4.78 is 25.0. The maximum Gasteiger partial charge on any atom is 0.238 e. The van der Waals surface area contributed by atoms with Crippen LogP contribution in [-0.4, -0.2) is 34.8 Å². The number of amides is 1. The van der Waals surface area contributed by atoms with Crippen LogP contribution in [-0.2, 0) is 14.8 Å². The Labute approximate surface area is 206 Å². The fourth-order valence-electron chi connectivity index (χ4n) is 3.26. The summed E-state index contributed by atoms with van der Waals surface area (Å²) >= 11 is 7.26. The Kier molecular flexibility index (Phi) is 7.03. The number of benzene rings is 3. The van der Waals surface area contributed by atoms with Gasteiger partial charge in [-0.15, -0.1) is 10.2 Å². The molecule has 1 amide bonds. The normalized spacial score (nSPS) is 11.4. The van der Waals surface area contributed by atoms with Crippen LogP contribution in [0.15, 0.2) is 82.8 Å². The minimum Gasteiger partial charge on any atom is -0.325 e. The zero-order valence-corrected chi connectivity index (χ0v) is 20.4. The molecule has 1 aromatic heterocycles. The number of halogens is 1. The molecule has 0 radical (unpaired) electrons. The van der Waals surface area contributed by atoms with Gasteiger partial charge in [0.2, 0.25) is 15.9 Å². The van der Waals surface area contributed by atoms with Crippen molar-refractivity contribution in [3.05, 3.63) is 83.4 Å². The van der Waals surface area contributed by atoms with E-state index in [-0.39, 0.29) is 16.6 Å². The molecule has 0 bridgehead atoms.